The second-order valence-electron chi connectivity index (χ2n) is 4.30. The van der Waals surface area contributed by atoms with E-state index in [1.807, 2.05) is 36.4 Å². The summed E-state index contributed by atoms with van der Waals surface area (Å²) in [6, 6.07) is 15.7. The third-order valence-electron chi connectivity index (χ3n) is 3.01. The lowest BCUT2D eigenvalue weighted by atomic mass is 10.1. The van der Waals surface area contributed by atoms with Crippen molar-refractivity contribution in [3.63, 3.8) is 0 Å². The van der Waals surface area contributed by atoms with E-state index < -0.39 is 0 Å². The average Bonchev–Trinajstić information content (AvgIpc) is 2.40. The largest absolute Gasteiger partial charge is 0.489 e. The van der Waals surface area contributed by atoms with Crippen LogP contribution in [0.2, 0.25) is 0 Å². The summed E-state index contributed by atoms with van der Waals surface area (Å²) in [5, 5.41) is 8.99. The molecule has 2 heteroatoms. The summed E-state index contributed by atoms with van der Waals surface area (Å²) >= 11 is 0. The van der Waals surface area contributed by atoms with Crippen molar-refractivity contribution in [2.24, 2.45) is 0 Å². The molecule has 0 aliphatic rings. The maximum atomic E-state index is 8.99. The Bertz CT molecular complexity index is 596. The molecule has 0 heterocycles. The van der Waals surface area contributed by atoms with E-state index in [1.54, 1.807) is 6.07 Å². The summed E-state index contributed by atoms with van der Waals surface area (Å²) in [6.45, 7) is 4.56. The Kier molecular flexibility index (Phi) is 3.64. The molecule has 2 nitrogen and oxygen atoms in total. The Morgan fingerprint density at radius 1 is 1.06 bits per heavy atom. The molecule has 0 unspecified atom stereocenters. The first-order valence-corrected chi connectivity index (χ1v) is 5.89. The van der Waals surface area contributed by atoms with Crippen LogP contribution < -0.4 is 4.74 Å². The minimum atomic E-state index is 0.423. The minimum absolute atomic E-state index is 0.423. The van der Waals surface area contributed by atoms with Gasteiger partial charge in [-0.2, -0.15) is 5.26 Å². The van der Waals surface area contributed by atoms with E-state index >= 15 is 0 Å². The van der Waals surface area contributed by atoms with Crippen LogP contribution in [0.3, 0.4) is 0 Å². The van der Waals surface area contributed by atoms with Crippen LogP contribution in [0.25, 0.3) is 0 Å². The molecule has 0 aromatic heterocycles. The van der Waals surface area contributed by atoms with Gasteiger partial charge in [0, 0.05) is 5.56 Å². The molecule has 0 aliphatic heterocycles. The molecule has 0 saturated heterocycles. The quantitative estimate of drug-likeness (QED) is 0.814. The van der Waals surface area contributed by atoms with Crippen molar-refractivity contribution in [2.75, 3.05) is 0 Å². The highest BCUT2D eigenvalue weighted by Crippen LogP contribution is 2.18. The number of ether oxygens (including phenoxy) is 1. The van der Waals surface area contributed by atoms with Gasteiger partial charge in [0.15, 0.2) is 0 Å². The van der Waals surface area contributed by atoms with Gasteiger partial charge in [-0.05, 0) is 43.2 Å². The SMILES string of the molecule is Cc1ccc(OCc2ccccc2C#N)cc1C. The van der Waals surface area contributed by atoms with Gasteiger partial charge in [0.1, 0.15) is 12.4 Å². The Hall–Kier alpha value is -2.27. The van der Waals surface area contributed by atoms with Gasteiger partial charge >= 0.3 is 0 Å². The van der Waals surface area contributed by atoms with Gasteiger partial charge in [0.2, 0.25) is 0 Å². The van der Waals surface area contributed by atoms with Crippen LogP contribution in [0, 0.1) is 25.2 Å². The van der Waals surface area contributed by atoms with Crippen molar-refractivity contribution in [1.29, 1.82) is 5.26 Å². The van der Waals surface area contributed by atoms with Gasteiger partial charge in [-0.25, -0.2) is 0 Å². The summed E-state index contributed by atoms with van der Waals surface area (Å²) in [6.07, 6.45) is 0. The molecule has 0 fully saturated rings. The third kappa shape index (κ3) is 2.70. The Balaban J connectivity index is 2.12. The standard InChI is InChI=1S/C16H15NO/c1-12-7-8-16(9-13(12)2)18-11-15-6-4-3-5-14(15)10-17/h3-9H,11H2,1-2H3. The maximum absolute atomic E-state index is 8.99. The predicted octanol–water partition coefficient (Wildman–Crippen LogP) is 3.75. The highest BCUT2D eigenvalue weighted by molar-refractivity contribution is 5.38. The Labute approximate surface area is 107 Å². The fourth-order valence-corrected chi connectivity index (χ4v) is 1.72. The van der Waals surface area contributed by atoms with Gasteiger partial charge in [-0.1, -0.05) is 24.3 Å². The normalized spacial score (nSPS) is 9.83. The summed E-state index contributed by atoms with van der Waals surface area (Å²) in [5.74, 6) is 0.839. The lowest BCUT2D eigenvalue weighted by molar-refractivity contribution is 0.305. The molecule has 0 aliphatic carbocycles. The van der Waals surface area contributed by atoms with E-state index in [9.17, 15) is 0 Å². The van der Waals surface area contributed by atoms with Crippen LogP contribution in [0.1, 0.15) is 22.3 Å². The molecular weight excluding hydrogens is 222 g/mol. The molecule has 0 atom stereocenters. The van der Waals surface area contributed by atoms with Crippen molar-refractivity contribution >= 4 is 0 Å². The summed E-state index contributed by atoms with van der Waals surface area (Å²) in [4.78, 5) is 0. The first-order valence-electron chi connectivity index (χ1n) is 5.89. The topological polar surface area (TPSA) is 33.0 Å². The van der Waals surface area contributed by atoms with Gasteiger partial charge < -0.3 is 4.74 Å². The first-order chi connectivity index (χ1) is 8.70. The Morgan fingerprint density at radius 3 is 2.56 bits per heavy atom. The van der Waals surface area contributed by atoms with Gasteiger partial charge in [0.05, 0.1) is 11.6 Å². The highest BCUT2D eigenvalue weighted by Gasteiger charge is 2.02. The van der Waals surface area contributed by atoms with Crippen molar-refractivity contribution < 1.29 is 4.74 Å². The molecular formula is C16H15NO. The van der Waals surface area contributed by atoms with Gasteiger partial charge in [-0.3, -0.25) is 0 Å². The molecule has 0 bridgehead atoms. The van der Waals surface area contributed by atoms with Crippen molar-refractivity contribution in [3.8, 4) is 11.8 Å². The lowest BCUT2D eigenvalue weighted by Gasteiger charge is -2.09. The summed E-state index contributed by atoms with van der Waals surface area (Å²) in [5.41, 5.74) is 4.04. The molecule has 2 aromatic carbocycles. The van der Waals surface area contributed by atoms with E-state index in [2.05, 4.69) is 19.9 Å². The first kappa shape index (κ1) is 12.2. The van der Waals surface area contributed by atoms with E-state index in [4.69, 9.17) is 10.00 Å². The number of hydrogen-bond donors (Lipinski definition) is 0. The van der Waals surface area contributed by atoms with Crippen LogP contribution in [-0.2, 0) is 6.61 Å². The number of rotatable bonds is 3. The van der Waals surface area contributed by atoms with Crippen LogP contribution in [0.4, 0.5) is 0 Å². The summed E-state index contributed by atoms with van der Waals surface area (Å²) in [7, 11) is 0. The van der Waals surface area contributed by atoms with Gasteiger partial charge in [-0.15, -0.1) is 0 Å². The molecule has 0 amide bonds. The second-order valence-corrected chi connectivity index (χ2v) is 4.30. The second kappa shape index (κ2) is 5.37. The third-order valence-corrected chi connectivity index (χ3v) is 3.01. The van der Waals surface area contributed by atoms with Crippen molar-refractivity contribution in [2.45, 2.75) is 20.5 Å². The van der Waals surface area contributed by atoms with E-state index in [-0.39, 0.29) is 0 Å². The molecule has 18 heavy (non-hydrogen) atoms. The zero-order valence-electron chi connectivity index (χ0n) is 10.6. The summed E-state index contributed by atoms with van der Waals surface area (Å²) < 4.78 is 5.72. The lowest BCUT2D eigenvalue weighted by Crippen LogP contribution is -1.98. The van der Waals surface area contributed by atoms with E-state index in [1.165, 1.54) is 11.1 Å². The molecule has 0 radical (unpaired) electrons. The van der Waals surface area contributed by atoms with Crippen molar-refractivity contribution in [1.82, 2.24) is 0 Å². The zero-order chi connectivity index (χ0) is 13.0. The van der Waals surface area contributed by atoms with Crippen LogP contribution in [-0.4, -0.2) is 0 Å². The zero-order valence-corrected chi connectivity index (χ0v) is 10.6. The average molecular weight is 237 g/mol. The molecule has 0 N–H and O–H groups in total. The highest BCUT2D eigenvalue weighted by atomic mass is 16.5. The van der Waals surface area contributed by atoms with Crippen molar-refractivity contribution in [3.05, 3.63) is 64.7 Å². The predicted molar refractivity (Wildman–Crippen MR) is 71.4 cm³/mol. The number of nitrogens with zero attached hydrogens (tertiary/aromatic N) is 1. The molecule has 2 aromatic rings. The smallest absolute Gasteiger partial charge is 0.120 e. The van der Waals surface area contributed by atoms with Gasteiger partial charge in [0.25, 0.3) is 0 Å². The monoisotopic (exact) mass is 237 g/mol. The van der Waals surface area contributed by atoms with E-state index in [0.717, 1.165) is 11.3 Å². The molecule has 0 spiro atoms. The number of hydrogen-bond acceptors (Lipinski definition) is 2. The van der Waals surface area contributed by atoms with E-state index in [0.29, 0.717) is 12.2 Å². The molecule has 0 saturated carbocycles. The number of aryl methyl sites for hydroxylation is 2. The van der Waals surface area contributed by atoms with Crippen LogP contribution in [0.15, 0.2) is 42.5 Å². The van der Waals surface area contributed by atoms with Crippen LogP contribution in [0.5, 0.6) is 5.75 Å². The molecule has 90 valence electrons. The molecule has 2 rings (SSSR count). The Morgan fingerprint density at radius 2 is 1.83 bits per heavy atom. The fourth-order valence-electron chi connectivity index (χ4n) is 1.72. The number of nitriles is 1. The minimum Gasteiger partial charge on any atom is -0.489 e. The fraction of sp³-hybridized carbons (Fsp3) is 0.188. The van der Waals surface area contributed by atoms with Crippen LogP contribution >= 0.6 is 0 Å². The number of benzene rings is 2. The maximum Gasteiger partial charge on any atom is 0.120 e.